The first-order chi connectivity index (χ1) is 9.20. The van der Waals surface area contributed by atoms with Crippen molar-refractivity contribution in [3.05, 3.63) is 30.6 Å². The second kappa shape index (κ2) is 6.31. The van der Waals surface area contributed by atoms with Gasteiger partial charge in [0, 0.05) is 32.0 Å². The molecule has 0 radical (unpaired) electrons. The van der Waals surface area contributed by atoms with Crippen LogP contribution < -0.4 is 5.32 Å². The molecular weight excluding hydrogens is 240 g/mol. The molecule has 0 aliphatic carbocycles. The zero-order valence-corrected chi connectivity index (χ0v) is 11.3. The number of nitrogens with one attached hydrogen (secondary N) is 1. The highest BCUT2D eigenvalue weighted by Gasteiger charge is 2.21. The van der Waals surface area contributed by atoms with Crippen LogP contribution in [0.25, 0.3) is 0 Å². The zero-order valence-electron chi connectivity index (χ0n) is 11.3. The predicted octanol–water partition coefficient (Wildman–Crippen LogP) is 1.95. The number of carbonyl (C=O) groups is 1. The lowest BCUT2D eigenvalue weighted by Crippen LogP contribution is -2.38. The molecule has 0 bridgehead atoms. The van der Waals surface area contributed by atoms with E-state index in [0.29, 0.717) is 24.0 Å². The fourth-order valence-electron chi connectivity index (χ4n) is 2.09. The number of carbonyl (C=O) groups excluding carboxylic acids is 1. The molecule has 1 N–H and O–H groups in total. The molecule has 19 heavy (non-hydrogen) atoms. The average molecular weight is 260 g/mol. The summed E-state index contributed by atoms with van der Waals surface area (Å²) in [6.07, 6.45) is 7.05. The summed E-state index contributed by atoms with van der Waals surface area (Å²) >= 11 is 0. The van der Waals surface area contributed by atoms with E-state index in [1.54, 1.807) is 18.5 Å². The number of amides is 1. The lowest BCUT2D eigenvalue weighted by atomic mass is 9.99. The van der Waals surface area contributed by atoms with Crippen molar-refractivity contribution in [2.75, 3.05) is 25.0 Å². The molecule has 1 aliphatic rings. The van der Waals surface area contributed by atoms with Crippen molar-refractivity contribution in [2.45, 2.75) is 19.8 Å². The van der Waals surface area contributed by atoms with E-state index in [-0.39, 0.29) is 5.91 Å². The Labute approximate surface area is 113 Å². The van der Waals surface area contributed by atoms with Gasteiger partial charge in [0.25, 0.3) is 5.91 Å². The summed E-state index contributed by atoms with van der Waals surface area (Å²) in [5, 5.41) is 2.98. The molecule has 2 rings (SSSR count). The monoisotopic (exact) mass is 260 g/mol. The third-order valence-corrected chi connectivity index (χ3v) is 3.37. The maximum atomic E-state index is 12.2. The molecule has 2 heterocycles. The van der Waals surface area contributed by atoms with Crippen molar-refractivity contribution in [2.24, 2.45) is 5.92 Å². The van der Waals surface area contributed by atoms with Gasteiger partial charge in [-0.2, -0.15) is 0 Å². The number of aromatic nitrogens is 2. The van der Waals surface area contributed by atoms with Crippen LogP contribution in [0.15, 0.2) is 25.0 Å². The van der Waals surface area contributed by atoms with E-state index in [1.807, 2.05) is 4.90 Å². The molecule has 0 spiro atoms. The van der Waals surface area contributed by atoms with Crippen molar-refractivity contribution in [1.82, 2.24) is 14.9 Å². The molecule has 0 unspecified atom stereocenters. The lowest BCUT2D eigenvalue weighted by Gasteiger charge is -2.30. The molecule has 0 aromatic carbocycles. The van der Waals surface area contributed by atoms with E-state index >= 15 is 0 Å². The smallest absolute Gasteiger partial charge is 0.256 e. The molecule has 1 fully saturated rings. The number of likely N-dealkylation sites (tertiary alicyclic amines) is 1. The molecule has 0 atom stereocenters. The predicted molar refractivity (Wildman–Crippen MR) is 75.0 cm³/mol. The van der Waals surface area contributed by atoms with E-state index in [4.69, 9.17) is 0 Å². The molecule has 1 aliphatic heterocycles. The highest BCUT2D eigenvalue weighted by molar-refractivity contribution is 5.93. The molecule has 0 saturated carbocycles. The Bertz CT molecular complexity index is 435. The number of hydrogen-bond acceptors (Lipinski definition) is 4. The highest BCUT2D eigenvalue weighted by Crippen LogP contribution is 2.17. The largest absolute Gasteiger partial charge is 0.351 e. The van der Waals surface area contributed by atoms with Gasteiger partial charge >= 0.3 is 0 Å². The Morgan fingerprint density at radius 1 is 1.47 bits per heavy atom. The lowest BCUT2D eigenvalue weighted by molar-refractivity contribution is 0.0696. The fourth-order valence-corrected chi connectivity index (χ4v) is 2.09. The quantitative estimate of drug-likeness (QED) is 0.841. The molecule has 5 heteroatoms. The molecular formula is C14H20N4O. The SMILES string of the molecule is C=CCNc1ncc(C(=O)N2CCC(C)CC2)cn1. The van der Waals surface area contributed by atoms with Crippen LogP contribution in [0.1, 0.15) is 30.1 Å². The maximum Gasteiger partial charge on any atom is 0.256 e. The van der Waals surface area contributed by atoms with Gasteiger partial charge in [-0.3, -0.25) is 4.79 Å². The van der Waals surface area contributed by atoms with E-state index in [1.165, 1.54) is 0 Å². The summed E-state index contributed by atoms with van der Waals surface area (Å²) < 4.78 is 0. The average Bonchev–Trinajstić information content (AvgIpc) is 2.46. The van der Waals surface area contributed by atoms with Crippen LogP contribution in [0.3, 0.4) is 0 Å². The van der Waals surface area contributed by atoms with Gasteiger partial charge in [-0.25, -0.2) is 9.97 Å². The fraction of sp³-hybridized carbons (Fsp3) is 0.500. The molecule has 1 aromatic rings. The van der Waals surface area contributed by atoms with Gasteiger partial charge in [-0.15, -0.1) is 6.58 Å². The molecule has 1 amide bonds. The van der Waals surface area contributed by atoms with Gasteiger partial charge in [-0.05, 0) is 18.8 Å². The Morgan fingerprint density at radius 2 is 2.11 bits per heavy atom. The van der Waals surface area contributed by atoms with Crippen LogP contribution in [0.2, 0.25) is 0 Å². The van der Waals surface area contributed by atoms with Gasteiger partial charge in [-0.1, -0.05) is 13.0 Å². The number of rotatable bonds is 4. The van der Waals surface area contributed by atoms with Crippen molar-refractivity contribution in [1.29, 1.82) is 0 Å². The zero-order chi connectivity index (χ0) is 13.7. The van der Waals surface area contributed by atoms with Gasteiger partial charge in [0.05, 0.1) is 5.56 Å². The molecule has 102 valence electrons. The van der Waals surface area contributed by atoms with E-state index in [9.17, 15) is 4.79 Å². The van der Waals surface area contributed by atoms with Crippen LogP contribution in [0.4, 0.5) is 5.95 Å². The Balaban J connectivity index is 1.97. The third-order valence-electron chi connectivity index (χ3n) is 3.37. The van der Waals surface area contributed by atoms with E-state index in [0.717, 1.165) is 25.9 Å². The number of nitrogens with zero attached hydrogens (tertiary/aromatic N) is 3. The summed E-state index contributed by atoms with van der Waals surface area (Å²) in [5.74, 6) is 1.26. The van der Waals surface area contributed by atoms with Crippen molar-refractivity contribution < 1.29 is 4.79 Å². The van der Waals surface area contributed by atoms with Gasteiger partial charge < -0.3 is 10.2 Å². The molecule has 5 nitrogen and oxygen atoms in total. The Hall–Kier alpha value is -1.91. The minimum Gasteiger partial charge on any atom is -0.351 e. The van der Waals surface area contributed by atoms with Crippen LogP contribution >= 0.6 is 0 Å². The van der Waals surface area contributed by atoms with E-state index < -0.39 is 0 Å². The van der Waals surface area contributed by atoms with Crippen LogP contribution in [0.5, 0.6) is 0 Å². The standard InChI is InChI=1S/C14H20N4O/c1-3-6-15-14-16-9-12(10-17-14)13(19)18-7-4-11(2)5-8-18/h3,9-11H,1,4-8H2,2H3,(H,15,16,17). The van der Waals surface area contributed by atoms with Crippen molar-refractivity contribution >= 4 is 11.9 Å². The van der Waals surface area contributed by atoms with E-state index in [2.05, 4.69) is 28.8 Å². The van der Waals surface area contributed by atoms with Crippen molar-refractivity contribution in [3.8, 4) is 0 Å². The first kappa shape index (κ1) is 13.5. The van der Waals surface area contributed by atoms with Crippen LogP contribution in [0, 0.1) is 5.92 Å². The second-order valence-corrected chi connectivity index (χ2v) is 4.94. The summed E-state index contributed by atoms with van der Waals surface area (Å²) in [5.41, 5.74) is 0.554. The number of piperidine rings is 1. The number of anilines is 1. The summed E-state index contributed by atoms with van der Waals surface area (Å²) in [6, 6.07) is 0. The first-order valence-electron chi connectivity index (χ1n) is 6.67. The maximum absolute atomic E-state index is 12.2. The second-order valence-electron chi connectivity index (χ2n) is 4.94. The first-order valence-corrected chi connectivity index (χ1v) is 6.67. The summed E-state index contributed by atoms with van der Waals surface area (Å²) in [7, 11) is 0. The van der Waals surface area contributed by atoms with Gasteiger partial charge in [0.15, 0.2) is 0 Å². The Kier molecular flexibility index (Phi) is 4.49. The molecule has 1 saturated heterocycles. The molecule has 1 aromatic heterocycles. The number of hydrogen-bond donors (Lipinski definition) is 1. The minimum atomic E-state index is 0.0298. The normalized spacial score (nSPS) is 16.2. The van der Waals surface area contributed by atoms with Crippen molar-refractivity contribution in [3.63, 3.8) is 0 Å². The third kappa shape index (κ3) is 3.53. The Morgan fingerprint density at radius 3 is 2.68 bits per heavy atom. The van der Waals surface area contributed by atoms with Gasteiger partial charge in [0.1, 0.15) is 0 Å². The van der Waals surface area contributed by atoms with Crippen LogP contribution in [-0.4, -0.2) is 40.4 Å². The minimum absolute atomic E-state index is 0.0298. The van der Waals surface area contributed by atoms with Gasteiger partial charge in [0.2, 0.25) is 5.95 Å². The summed E-state index contributed by atoms with van der Waals surface area (Å²) in [6.45, 7) is 8.11. The van der Waals surface area contributed by atoms with Crippen LogP contribution in [-0.2, 0) is 0 Å². The highest BCUT2D eigenvalue weighted by atomic mass is 16.2. The topological polar surface area (TPSA) is 58.1 Å². The summed E-state index contributed by atoms with van der Waals surface area (Å²) in [4.78, 5) is 22.4.